The smallest absolute Gasteiger partial charge is 0.215 e. The Labute approximate surface area is 154 Å². The highest BCUT2D eigenvalue weighted by Crippen LogP contribution is 2.43. The molecule has 0 amide bonds. The number of rotatable bonds is 4. The Balaban J connectivity index is 2.13. The molecule has 138 valence electrons. The van der Waals surface area contributed by atoms with E-state index in [4.69, 9.17) is 15.3 Å². The lowest BCUT2D eigenvalue weighted by Crippen LogP contribution is -2.09. The van der Waals surface area contributed by atoms with Crippen molar-refractivity contribution >= 4 is 9.73 Å². The molecule has 0 bridgehead atoms. The minimum absolute atomic E-state index is 0.0455. The summed E-state index contributed by atoms with van der Waals surface area (Å²) >= 11 is 0. The van der Waals surface area contributed by atoms with Gasteiger partial charge in [0.05, 0.1) is 22.6 Å². The number of nitrogens with zero attached hydrogens (tertiary/aromatic N) is 3. The van der Waals surface area contributed by atoms with Crippen LogP contribution in [0.3, 0.4) is 0 Å². The first-order valence-electron chi connectivity index (χ1n) is 7.83. The zero-order valence-electron chi connectivity index (χ0n) is 13.9. The van der Waals surface area contributed by atoms with Crippen LogP contribution in [0.2, 0.25) is 0 Å². The fourth-order valence-corrected chi connectivity index (χ4v) is 4.34. The monoisotopic (exact) mass is 389 g/mol. The minimum Gasteiger partial charge on any atom is -0.457 e. The predicted molar refractivity (Wildman–Crippen MR) is 91.3 cm³/mol. The average Bonchev–Trinajstić information content (AvgIpc) is 3.04. The normalized spacial score (nSPS) is 17.3. The quantitative estimate of drug-likeness (QED) is 0.803. The third-order valence-corrected chi connectivity index (χ3v) is 5.90. The lowest BCUT2D eigenvalue weighted by molar-refractivity contribution is 0.177. The summed E-state index contributed by atoms with van der Waals surface area (Å²) in [6, 6.07) is 6.66. The van der Waals surface area contributed by atoms with Gasteiger partial charge in [-0.15, -0.1) is 4.36 Å². The van der Waals surface area contributed by atoms with E-state index >= 15 is 0 Å². The Morgan fingerprint density at radius 1 is 1.33 bits per heavy atom. The summed E-state index contributed by atoms with van der Waals surface area (Å²) in [6.45, 7) is 0. The van der Waals surface area contributed by atoms with Crippen molar-refractivity contribution < 1.29 is 22.8 Å². The topological polar surface area (TPSA) is 106 Å². The molecule has 1 aliphatic carbocycles. The van der Waals surface area contributed by atoms with Gasteiger partial charge < -0.3 is 9.84 Å². The summed E-state index contributed by atoms with van der Waals surface area (Å²) in [6.07, 6.45) is 1.00. The Kier molecular flexibility index (Phi) is 5.08. The first-order chi connectivity index (χ1) is 12.9. The number of nitriles is 2. The molecule has 0 spiro atoms. The number of aliphatic hydroxyl groups excluding tert-OH is 1. The van der Waals surface area contributed by atoms with Gasteiger partial charge in [-0.1, -0.05) is 0 Å². The maximum Gasteiger partial charge on any atom is 0.215 e. The van der Waals surface area contributed by atoms with Gasteiger partial charge in [0.1, 0.15) is 27.0 Å². The first kappa shape index (κ1) is 18.8. The standard InChI is InChI=1S/C18H13F2N3O3S/c19-9-27(25,23-10-22)17-4-3-16(14-1-2-15(24)18(14)17)26-13-6-11(8-21)5-12(20)7-13/h3-7,15,24H,1-2,9H2. The molecule has 3 rings (SSSR count). The Bertz CT molecular complexity index is 1110. The number of halogens is 2. The predicted octanol–water partition coefficient (Wildman–Crippen LogP) is 3.70. The Hall–Kier alpha value is -3.01. The molecule has 0 aromatic heterocycles. The number of alkyl halides is 1. The molecule has 0 saturated heterocycles. The van der Waals surface area contributed by atoms with Crippen LogP contribution in [-0.4, -0.2) is 15.3 Å². The van der Waals surface area contributed by atoms with Gasteiger partial charge in [0.2, 0.25) is 6.19 Å². The third-order valence-electron chi connectivity index (χ3n) is 4.18. The van der Waals surface area contributed by atoms with E-state index in [1.54, 1.807) is 0 Å². The SMILES string of the molecule is N#CN=S(=O)(CF)c1ccc(Oc2cc(F)cc(C#N)c2)c2c1C(O)CC2. The van der Waals surface area contributed by atoms with Crippen LogP contribution in [0, 0.1) is 28.6 Å². The maximum atomic E-state index is 13.6. The molecule has 1 aliphatic rings. The molecule has 0 saturated carbocycles. The molecule has 2 aromatic carbocycles. The summed E-state index contributed by atoms with van der Waals surface area (Å²) in [5, 5.41) is 27.9. The van der Waals surface area contributed by atoms with Crippen molar-refractivity contribution in [3.8, 4) is 23.8 Å². The summed E-state index contributed by atoms with van der Waals surface area (Å²) in [5.41, 5.74) is 0.773. The number of ether oxygens (including phenoxy) is 1. The van der Waals surface area contributed by atoms with E-state index in [0.29, 0.717) is 18.4 Å². The second kappa shape index (κ2) is 7.31. The van der Waals surface area contributed by atoms with Crippen LogP contribution in [-0.2, 0) is 16.1 Å². The summed E-state index contributed by atoms with van der Waals surface area (Å²) in [7, 11) is -3.64. The molecule has 9 heteroatoms. The second-order valence-corrected chi connectivity index (χ2v) is 7.96. The van der Waals surface area contributed by atoms with Gasteiger partial charge in [-0.2, -0.15) is 10.5 Å². The van der Waals surface area contributed by atoms with Crippen LogP contribution in [0.4, 0.5) is 8.78 Å². The van der Waals surface area contributed by atoms with Crippen molar-refractivity contribution in [2.24, 2.45) is 4.36 Å². The largest absolute Gasteiger partial charge is 0.457 e. The highest BCUT2D eigenvalue weighted by atomic mass is 32.2. The molecular formula is C18H13F2N3O3S. The van der Waals surface area contributed by atoms with E-state index in [1.807, 2.05) is 6.07 Å². The highest BCUT2D eigenvalue weighted by Gasteiger charge is 2.31. The van der Waals surface area contributed by atoms with Gasteiger partial charge in [-0.3, -0.25) is 0 Å². The zero-order valence-corrected chi connectivity index (χ0v) is 14.7. The number of aliphatic hydroxyl groups is 1. The molecule has 0 heterocycles. The average molecular weight is 389 g/mol. The molecule has 0 radical (unpaired) electrons. The van der Waals surface area contributed by atoms with Crippen LogP contribution in [0.25, 0.3) is 0 Å². The van der Waals surface area contributed by atoms with Crippen molar-refractivity contribution in [2.75, 3.05) is 6.01 Å². The van der Waals surface area contributed by atoms with E-state index in [-0.39, 0.29) is 27.5 Å². The van der Waals surface area contributed by atoms with Crippen molar-refractivity contribution in [3.05, 3.63) is 52.8 Å². The molecule has 2 unspecified atom stereocenters. The van der Waals surface area contributed by atoms with E-state index in [2.05, 4.69) is 4.36 Å². The van der Waals surface area contributed by atoms with Crippen molar-refractivity contribution in [1.82, 2.24) is 0 Å². The number of benzene rings is 2. The van der Waals surface area contributed by atoms with Gasteiger partial charge in [0.15, 0.2) is 6.01 Å². The first-order valence-corrected chi connectivity index (χ1v) is 9.51. The second-order valence-electron chi connectivity index (χ2n) is 5.84. The fourth-order valence-electron chi connectivity index (χ4n) is 3.06. The Morgan fingerprint density at radius 2 is 2.11 bits per heavy atom. The van der Waals surface area contributed by atoms with Gasteiger partial charge in [0, 0.05) is 17.2 Å². The van der Waals surface area contributed by atoms with Crippen molar-refractivity contribution in [3.63, 3.8) is 0 Å². The van der Waals surface area contributed by atoms with Crippen LogP contribution in [0.5, 0.6) is 11.5 Å². The summed E-state index contributed by atoms with van der Waals surface area (Å²) in [4.78, 5) is -0.0455. The molecule has 2 aromatic rings. The number of hydrogen-bond donors (Lipinski definition) is 1. The maximum absolute atomic E-state index is 13.6. The fraction of sp³-hybridized carbons (Fsp3) is 0.222. The van der Waals surface area contributed by atoms with Gasteiger partial charge in [0.25, 0.3) is 0 Å². The lowest BCUT2D eigenvalue weighted by atomic mass is 10.1. The number of hydrogen-bond acceptors (Lipinski definition) is 6. The Morgan fingerprint density at radius 3 is 2.78 bits per heavy atom. The third kappa shape index (κ3) is 3.47. The summed E-state index contributed by atoms with van der Waals surface area (Å²) < 4.78 is 48.5. The molecule has 1 N–H and O–H groups in total. The molecule has 0 fully saturated rings. The van der Waals surface area contributed by atoms with Crippen molar-refractivity contribution in [2.45, 2.75) is 23.8 Å². The van der Waals surface area contributed by atoms with Gasteiger partial charge in [-0.05, 0) is 37.1 Å². The van der Waals surface area contributed by atoms with Crippen LogP contribution in [0.15, 0.2) is 39.6 Å². The van der Waals surface area contributed by atoms with E-state index in [1.165, 1.54) is 24.4 Å². The van der Waals surface area contributed by atoms with Crippen LogP contribution < -0.4 is 4.74 Å². The molecule has 2 atom stereocenters. The van der Waals surface area contributed by atoms with Crippen LogP contribution in [0.1, 0.15) is 29.2 Å². The van der Waals surface area contributed by atoms with Crippen molar-refractivity contribution in [1.29, 1.82) is 10.5 Å². The van der Waals surface area contributed by atoms with Crippen LogP contribution >= 0.6 is 0 Å². The molecule has 27 heavy (non-hydrogen) atoms. The van der Waals surface area contributed by atoms with Gasteiger partial charge in [-0.25, -0.2) is 13.0 Å². The van der Waals surface area contributed by atoms with E-state index < -0.39 is 27.7 Å². The molecule has 6 nitrogen and oxygen atoms in total. The molecule has 0 aliphatic heterocycles. The highest BCUT2D eigenvalue weighted by molar-refractivity contribution is 7.93. The minimum atomic E-state index is -3.64. The molecular weight excluding hydrogens is 376 g/mol. The van der Waals surface area contributed by atoms with E-state index in [0.717, 1.165) is 12.1 Å². The summed E-state index contributed by atoms with van der Waals surface area (Å²) in [5.74, 6) is -0.307. The lowest BCUT2D eigenvalue weighted by Gasteiger charge is -2.16. The van der Waals surface area contributed by atoms with E-state index in [9.17, 15) is 18.1 Å². The number of fused-ring (bicyclic) bond motifs is 1. The van der Waals surface area contributed by atoms with Gasteiger partial charge >= 0.3 is 0 Å². The zero-order chi connectivity index (χ0) is 19.6.